The molecule has 144 valence electrons. The van der Waals surface area contributed by atoms with E-state index in [0.29, 0.717) is 17.1 Å². The molecular formula is C20H31N3O3. The second-order valence-corrected chi connectivity index (χ2v) is 7.14. The van der Waals surface area contributed by atoms with Crippen LogP contribution in [0.25, 0.3) is 0 Å². The Labute approximate surface area is 155 Å². The van der Waals surface area contributed by atoms with E-state index in [-0.39, 0.29) is 23.7 Å². The Morgan fingerprint density at radius 3 is 2.54 bits per heavy atom. The first-order chi connectivity index (χ1) is 12.5. The maximum Gasteiger partial charge on any atom is 0.241 e. The molecule has 0 spiro atoms. The first-order valence-electron chi connectivity index (χ1n) is 9.51. The van der Waals surface area contributed by atoms with E-state index in [2.05, 4.69) is 10.6 Å². The summed E-state index contributed by atoms with van der Waals surface area (Å²) in [5, 5.41) is 5.79. The number of nitrogens with one attached hydrogen (secondary N) is 2. The zero-order valence-electron chi connectivity index (χ0n) is 16.0. The van der Waals surface area contributed by atoms with Crippen molar-refractivity contribution in [3.8, 4) is 5.75 Å². The largest absolute Gasteiger partial charge is 0.495 e. The molecule has 1 aliphatic carbocycles. The molecule has 6 heteroatoms. The normalized spacial score (nSPS) is 17.2. The van der Waals surface area contributed by atoms with Crippen molar-refractivity contribution >= 4 is 23.2 Å². The van der Waals surface area contributed by atoms with E-state index >= 15 is 0 Å². The molecule has 1 saturated carbocycles. The molecule has 1 fully saturated rings. The van der Waals surface area contributed by atoms with E-state index in [9.17, 15) is 9.59 Å². The van der Waals surface area contributed by atoms with E-state index in [0.717, 1.165) is 32.1 Å². The smallest absolute Gasteiger partial charge is 0.241 e. The van der Waals surface area contributed by atoms with Gasteiger partial charge in [-0.05, 0) is 37.0 Å². The Bertz CT molecular complexity index is 627. The van der Waals surface area contributed by atoms with Crippen LogP contribution in [0.15, 0.2) is 18.2 Å². The van der Waals surface area contributed by atoms with Crippen LogP contribution in [0.1, 0.15) is 52.4 Å². The van der Waals surface area contributed by atoms with Gasteiger partial charge in [-0.15, -0.1) is 0 Å². The third kappa shape index (κ3) is 5.21. The number of carbonyl (C=O) groups is 2. The molecule has 0 heterocycles. The molecule has 2 rings (SSSR count). The van der Waals surface area contributed by atoms with Crippen LogP contribution in [0, 0.1) is 11.8 Å². The van der Waals surface area contributed by atoms with Gasteiger partial charge >= 0.3 is 0 Å². The zero-order valence-corrected chi connectivity index (χ0v) is 16.0. The molecule has 0 saturated heterocycles. The highest BCUT2D eigenvalue weighted by Gasteiger charge is 2.23. The molecule has 0 radical (unpaired) electrons. The Morgan fingerprint density at radius 2 is 1.92 bits per heavy atom. The first-order valence-corrected chi connectivity index (χ1v) is 9.51. The van der Waals surface area contributed by atoms with E-state index in [1.54, 1.807) is 25.3 Å². The van der Waals surface area contributed by atoms with E-state index in [4.69, 9.17) is 10.5 Å². The average Bonchev–Trinajstić information content (AvgIpc) is 2.67. The molecule has 2 atom stereocenters. The minimum Gasteiger partial charge on any atom is -0.495 e. The number of anilines is 2. The van der Waals surface area contributed by atoms with Gasteiger partial charge in [0.05, 0.1) is 18.8 Å². The van der Waals surface area contributed by atoms with Crippen LogP contribution in [0.4, 0.5) is 11.4 Å². The summed E-state index contributed by atoms with van der Waals surface area (Å²) in [5.41, 5.74) is 7.14. The lowest BCUT2D eigenvalue weighted by Crippen LogP contribution is -2.40. The molecule has 0 aliphatic heterocycles. The quantitative estimate of drug-likeness (QED) is 0.692. The number of carbonyl (C=O) groups excluding carboxylic acids is 2. The van der Waals surface area contributed by atoms with Gasteiger partial charge in [-0.2, -0.15) is 0 Å². The molecule has 1 aliphatic rings. The van der Waals surface area contributed by atoms with E-state index in [1.165, 1.54) is 6.42 Å². The van der Waals surface area contributed by atoms with Crippen LogP contribution in [0.2, 0.25) is 0 Å². The number of hydrogen-bond acceptors (Lipinski definition) is 4. The minimum atomic E-state index is -0.567. The lowest BCUT2D eigenvalue weighted by Gasteiger charge is -2.22. The summed E-state index contributed by atoms with van der Waals surface area (Å²) in [6.45, 7) is 3.96. The number of methoxy groups -OCH3 is 1. The van der Waals surface area contributed by atoms with Gasteiger partial charge in [-0.3, -0.25) is 9.59 Å². The molecule has 26 heavy (non-hydrogen) atoms. The van der Waals surface area contributed by atoms with Crippen molar-refractivity contribution in [3.63, 3.8) is 0 Å². The van der Waals surface area contributed by atoms with Crippen LogP contribution in [-0.4, -0.2) is 25.0 Å². The van der Waals surface area contributed by atoms with Crippen molar-refractivity contribution in [2.75, 3.05) is 17.7 Å². The van der Waals surface area contributed by atoms with Crippen molar-refractivity contribution in [2.45, 2.75) is 58.4 Å². The van der Waals surface area contributed by atoms with Gasteiger partial charge in [0, 0.05) is 11.6 Å². The minimum absolute atomic E-state index is 0.0165. The molecule has 1 aromatic carbocycles. The highest BCUT2D eigenvalue weighted by molar-refractivity contribution is 5.98. The molecule has 0 bridgehead atoms. The Hall–Kier alpha value is -2.08. The number of rotatable bonds is 7. The van der Waals surface area contributed by atoms with Gasteiger partial charge in [0.2, 0.25) is 11.8 Å². The van der Waals surface area contributed by atoms with E-state index in [1.807, 2.05) is 13.8 Å². The van der Waals surface area contributed by atoms with Crippen molar-refractivity contribution in [1.29, 1.82) is 0 Å². The van der Waals surface area contributed by atoms with Gasteiger partial charge in [-0.25, -0.2) is 0 Å². The van der Waals surface area contributed by atoms with Gasteiger partial charge < -0.3 is 21.1 Å². The fourth-order valence-corrected chi connectivity index (χ4v) is 3.22. The second-order valence-electron chi connectivity index (χ2n) is 7.14. The Balaban J connectivity index is 2.09. The van der Waals surface area contributed by atoms with Crippen molar-refractivity contribution in [3.05, 3.63) is 18.2 Å². The third-order valence-electron chi connectivity index (χ3n) is 5.26. The monoisotopic (exact) mass is 361 g/mol. The average molecular weight is 361 g/mol. The number of amides is 2. The van der Waals surface area contributed by atoms with Crippen LogP contribution in [0.3, 0.4) is 0 Å². The first kappa shape index (κ1) is 20.2. The fourth-order valence-electron chi connectivity index (χ4n) is 3.22. The number of ether oxygens (including phenoxy) is 1. The highest BCUT2D eigenvalue weighted by atomic mass is 16.5. The maximum absolute atomic E-state index is 12.5. The van der Waals surface area contributed by atoms with Crippen molar-refractivity contribution in [2.24, 2.45) is 17.6 Å². The summed E-state index contributed by atoms with van der Waals surface area (Å²) in [5.74, 6) is 0.500. The maximum atomic E-state index is 12.5. The lowest BCUT2D eigenvalue weighted by molar-refractivity contribution is -0.120. The second kappa shape index (κ2) is 9.57. The fraction of sp³-hybridized carbons (Fsp3) is 0.600. The summed E-state index contributed by atoms with van der Waals surface area (Å²) >= 11 is 0. The number of benzene rings is 1. The molecular weight excluding hydrogens is 330 g/mol. The predicted molar refractivity (Wildman–Crippen MR) is 104 cm³/mol. The molecule has 2 amide bonds. The number of nitrogens with two attached hydrogens (primary N) is 1. The zero-order chi connectivity index (χ0) is 19.1. The van der Waals surface area contributed by atoms with Gasteiger partial charge in [0.25, 0.3) is 0 Å². The summed E-state index contributed by atoms with van der Waals surface area (Å²) < 4.78 is 5.34. The summed E-state index contributed by atoms with van der Waals surface area (Å²) in [7, 11) is 1.56. The van der Waals surface area contributed by atoms with Gasteiger partial charge in [0.1, 0.15) is 5.75 Å². The van der Waals surface area contributed by atoms with Crippen LogP contribution in [0.5, 0.6) is 5.75 Å². The van der Waals surface area contributed by atoms with Gasteiger partial charge in [-0.1, -0.05) is 39.5 Å². The SMILES string of the molecule is CCC(C)C(N)C(=O)Nc1ccc(OC)c(NC(=O)C2CCCCC2)c1. The number of hydrogen-bond donors (Lipinski definition) is 3. The van der Waals surface area contributed by atoms with Crippen LogP contribution >= 0.6 is 0 Å². The topological polar surface area (TPSA) is 93.5 Å². The Morgan fingerprint density at radius 1 is 1.23 bits per heavy atom. The van der Waals surface area contributed by atoms with Gasteiger partial charge in [0.15, 0.2) is 0 Å². The summed E-state index contributed by atoms with van der Waals surface area (Å²) in [4.78, 5) is 24.8. The van der Waals surface area contributed by atoms with Crippen molar-refractivity contribution < 1.29 is 14.3 Å². The van der Waals surface area contributed by atoms with Crippen LogP contribution < -0.4 is 21.1 Å². The standard InChI is InChI=1S/C20H31N3O3/c1-4-13(2)18(21)20(25)22-15-10-11-17(26-3)16(12-15)23-19(24)14-8-6-5-7-9-14/h10-14,18H,4-9,21H2,1-3H3,(H,22,25)(H,23,24). The highest BCUT2D eigenvalue weighted by Crippen LogP contribution is 2.30. The molecule has 0 aromatic heterocycles. The lowest BCUT2D eigenvalue weighted by atomic mass is 9.88. The van der Waals surface area contributed by atoms with Crippen LogP contribution in [-0.2, 0) is 9.59 Å². The van der Waals surface area contributed by atoms with E-state index < -0.39 is 6.04 Å². The van der Waals surface area contributed by atoms with Crippen molar-refractivity contribution in [1.82, 2.24) is 0 Å². The molecule has 4 N–H and O–H groups in total. The molecule has 2 unspecified atom stereocenters. The molecule has 1 aromatic rings. The summed E-state index contributed by atoms with van der Waals surface area (Å²) in [6, 6.07) is 4.64. The Kier molecular flexibility index (Phi) is 7.45. The third-order valence-corrected chi connectivity index (χ3v) is 5.26. The summed E-state index contributed by atoms with van der Waals surface area (Å²) in [6.07, 6.45) is 6.07. The predicted octanol–water partition coefficient (Wildman–Crippen LogP) is 3.53. The molecule has 6 nitrogen and oxygen atoms in total.